The molecule has 1 aromatic rings. The Hall–Kier alpha value is -0.980. The number of fused-ring (bicyclic) bond motifs is 1. The lowest BCUT2D eigenvalue weighted by Crippen LogP contribution is -2.48. The summed E-state index contributed by atoms with van der Waals surface area (Å²) in [7, 11) is 0. The van der Waals surface area contributed by atoms with E-state index in [-0.39, 0.29) is 6.10 Å². The van der Waals surface area contributed by atoms with Crippen LogP contribution in [0.4, 0.5) is 0 Å². The quantitative estimate of drug-likeness (QED) is 0.739. The number of nitrogens with zero attached hydrogens (tertiary/aromatic N) is 2. The van der Waals surface area contributed by atoms with Crippen LogP contribution in [0.25, 0.3) is 0 Å². The van der Waals surface area contributed by atoms with Crippen molar-refractivity contribution in [1.29, 1.82) is 0 Å². The molecule has 30 heavy (non-hydrogen) atoms. The number of aliphatic hydroxyl groups is 1. The number of hydrogen-bond donors (Lipinski definition) is 1. The van der Waals surface area contributed by atoms with Crippen LogP contribution in [-0.2, 0) is 15.9 Å². The van der Waals surface area contributed by atoms with Crippen molar-refractivity contribution in [3.8, 4) is 0 Å². The summed E-state index contributed by atoms with van der Waals surface area (Å²) < 4.78 is 12.0. The lowest BCUT2D eigenvalue weighted by molar-refractivity contribution is -0.0738. The van der Waals surface area contributed by atoms with Gasteiger partial charge in [0.25, 0.3) is 0 Å². The molecule has 5 nitrogen and oxygen atoms in total. The predicted molar refractivity (Wildman–Crippen MR) is 120 cm³/mol. The lowest BCUT2D eigenvalue weighted by atomic mass is 9.89. The van der Waals surface area contributed by atoms with E-state index < -0.39 is 6.10 Å². The van der Waals surface area contributed by atoms with Gasteiger partial charge in [0.1, 0.15) is 0 Å². The SMILES string of the molecule is CC1CN(CC2CCN(CC(O)COC3CCCc4ccccc43)CC2)CC(C)O1. The molecule has 2 fully saturated rings. The zero-order valence-corrected chi connectivity index (χ0v) is 18.8. The zero-order valence-electron chi connectivity index (χ0n) is 18.8. The molecule has 3 aliphatic rings. The van der Waals surface area contributed by atoms with Gasteiger partial charge in [-0.05, 0) is 76.1 Å². The normalized spacial score (nSPS) is 30.2. The Kier molecular flexibility index (Phi) is 7.82. The first-order valence-electron chi connectivity index (χ1n) is 12.0. The van der Waals surface area contributed by atoms with E-state index in [0.717, 1.165) is 51.5 Å². The lowest BCUT2D eigenvalue weighted by Gasteiger charge is -2.39. The van der Waals surface area contributed by atoms with Crippen molar-refractivity contribution in [2.75, 3.05) is 45.9 Å². The maximum atomic E-state index is 10.6. The Morgan fingerprint density at radius 2 is 1.80 bits per heavy atom. The number of likely N-dealkylation sites (tertiary alicyclic amines) is 1. The molecule has 0 radical (unpaired) electrons. The van der Waals surface area contributed by atoms with Crippen LogP contribution < -0.4 is 0 Å². The monoisotopic (exact) mass is 416 g/mol. The van der Waals surface area contributed by atoms with Crippen molar-refractivity contribution in [3.63, 3.8) is 0 Å². The van der Waals surface area contributed by atoms with Crippen LogP contribution in [0, 0.1) is 5.92 Å². The molecule has 1 N–H and O–H groups in total. The molecule has 5 heteroatoms. The maximum Gasteiger partial charge on any atom is 0.0900 e. The van der Waals surface area contributed by atoms with Crippen LogP contribution in [0.1, 0.15) is 56.8 Å². The molecule has 4 unspecified atom stereocenters. The molecule has 1 aliphatic carbocycles. The smallest absolute Gasteiger partial charge is 0.0900 e. The highest BCUT2D eigenvalue weighted by molar-refractivity contribution is 5.31. The fourth-order valence-corrected chi connectivity index (χ4v) is 5.61. The zero-order chi connectivity index (χ0) is 20.9. The molecule has 2 heterocycles. The van der Waals surface area contributed by atoms with Gasteiger partial charge >= 0.3 is 0 Å². The van der Waals surface area contributed by atoms with Crippen LogP contribution in [0.3, 0.4) is 0 Å². The number of ether oxygens (including phenoxy) is 2. The van der Waals surface area contributed by atoms with Crippen LogP contribution in [-0.4, -0.2) is 79.1 Å². The molecule has 2 aliphatic heterocycles. The molecular weight excluding hydrogens is 376 g/mol. The van der Waals surface area contributed by atoms with Gasteiger partial charge in [-0.1, -0.05) is 24.3 Å². The van der Waals surface area contributed by atoms with Crippen LogP contribution in [0.2, 0.25) is 0 Å². The summed E-state index contributed by atoms with van der Waals surface area (Å²) in [6.45, 7) is 11.0. The molecule has 4 rings (SSSR count). The molecule has 0 bridgehead atoms. The van der Waals surface area contributed by atoms with Gasteiger partial charge in [-0.3, -0.25) is 4.90 Å². The second kappa shape index (κ2) is 10.6. The highest BCUT2D eigenvalue weighted by atomic mass is 16.5. The van der Waals surface area contributed by atoms with Crippen molar-refractivity contribution in [2.45, 2.75) is 70.4 Å². The summed E-state index contributed by atoms with van der Waals surface area (Å²) in [6.07, 6.45) is 6.27. The average Bonchev–Trinajstić information content (AvgIpc) is 2.73. The van der Waals surface area contributed by atoms with E-state index >= 15 is 0 Å². The van der Waals surface area contributed by atoms with Gasteiger partial charge in [0.15, 0.2) is 0 Å². The fourth-order valence-electron chi connectivity index (χ4n) is 5.61. The predicted octanol–water partition coefficient (Wildman–Crippen LogP) is 3.26. The first-order chi connectivity index (χ1) is 14.6. The van der Waals surface area contributed by atoms with Gasteiger partial charge in [-0.25, -0.2) is 0 Å². The van der Waals surface area contributed by atoms with Gasteiger partial charge in [0.2, 0.25) is 0 Å². The summed E-state index contributed by atoms with van der Waals surface area (Å²) in [6, 6.07) is 8.61. The number of β-amino-alcohol motifs (C(OH)–C–C–N with tert-alkyl or cyclic N) is 1. The Morgan fingerprint density at radius 3 is 2.57 bits per heavy atom. The first kappa shape index (κ1) is 22.2. The molecule has 0 spiro atoms. The van der Waals surface area contributed by atoms with Crippen molar-refractivity contribution in [2.24, 2.45) is 5.92 Å². The third kappa shape index (κ3) is 6.04. The molecule has 0 saturated carbocycles. The minimum atomic E-state index is -0.406. The third-order valence-electron chi connectivity index (χ3n) is 6.99. The van der Waals surface area contributed by atoms with Gasteiger partial charge in [-0.2, -0.15) is 0 Å². The number of morpholine rings is 1. The fraction of sp³-hybridized carbons (Fsp3) is 0.760. The molecule has 0 amide bonds. The Labute approximate surface area is 182 Å². The standard InChI is InChI=1S/C25H40N2O3/c1-19-14-27(15-20(2)30-19)16-21-10-12-26(13-11-21)17-23(28)18-29-25-9-5-7-22-6-3-4-8-24(22)25/h3-4,6,8,19-21,23,25,28H,5,7,9-18H2,1-2H3. The first-order valence-corrected chi connectivity index (χ1v) is 12.0. The van der Waals surface area contributed by atoms with E-state index in [0.29, 0.717) is 18.8 Å². The van der Waals surface area contributed by atoms with E-state index in [9.17, 15) is 5.11 Å². The Morgan fingerprint density at radius 1 is 1.07 bits per heavy atom. The number of hydrogen-bond acceptors (Lipinski definition) is 5. The van der Waals surface area contributed by atoms with E-state index in [2.05, 4.69) is 47.9 Å². The summed E-state index contributed by atoms with van der Waals surface area (Å²) in [5.74, 6) is 0.769. The highest BCUT2D eigenvalue weighted by Crippen LogP contribution is 2.32. The maximum absolute atomic E-state index is 10.6. The minimum absolute atomic E-state index is 0.147. The van der Waals surface area contributed by atoms with Crippen LogP contribution >= 0.6 is 0 Å². The third-order valence-corrected chi connectivity index (χ3v) is 6.99. The number of benzene rings is 1. The second-order valence-electron chi connectivity index (χ2n) is 9.79. The second-order valence-corrected chi connectivity index (χ2v) is 9.79. The molecule has 2 saturated heterocycles. The highest BCUT2D eigenvalue weighted by Gasteiger charge is 2.27. The van der Waals surface area contributed by atoms with Crippen molar-refractivity contribution >= 4 is 0 Å². The van der Waals surface area contributed by atoms with Gasteiger partial charge in [0, 0.05) is 26.2 Å². The molecule has 1 aromatic carbocycles. The van der Waals surface area contributed by atoms with Gasteiger partial charge in [0.05, 0.1) is 31.0 Å². The Balaban J connectivity index is 1.16. The van der Waals surface area contributed by atoms with Crippen LogP contribution in [0.15, 0.2) is 24.3 Å². The average molecular weight is 417 g/mol. The van der Waals surface area contributed by atoms with E-state index in [1.165, 1.54) is 36.9 Å². The number of aliphatic hydroxyl groups excluding tert-OH is 1. The van der Waals surface area contributed by atoms with Gasteiger partial charge in [-0.15, -0.1) is 0 Å². The molecule has 168 valence electrons. The van der Waals surface area contributed by atoms with Crippen molar-refractivity contribution in [3.05, 3.63) is 35.4 Å². The van der Waals surface area contributed by atoms with E-state index in [1.807, 2.05) is 0 Å². The van der Waals surface area contributed by atoms with Crippen molar-refractivity contribution < 1.29 is 14.6 Å². The number of rotatable bonds is 7. The minimum Gasteiger partial charge on any atom is -0.389 e. The largest absolute Gasteiger partial charge is 0.389 e. The summed E-state index contributed by atoms with van der Waals surface area (Å²) in [5.41, 5.74) is 2.73. The van der Waals surface area contributed by atoms with E-state index in [4.69, 9.17) is 9.47 Å². The molecule has 4 atom stereocenters. The summed E-state index contributed by atoms with van der Waals surface area (Å²) >= 11 is 0. The van der Waals surface area contributed by atoms with Gasteiger partial charge < -0.3 is 19.5 Å². The van der Waals surface area contributed by atoms with Crippen LogP contribution in [0.5, 0.6) is 0 Å². The number of aryl methyl sites for hydroxylation is 1. The molecule has 0 aromatic heterocycles. The molecular formula is C25H40N2O3. The van der Waals surface area contributed by atoms with Crippen molar-refractivity contribution in [1.82, 2.24) is 9.80 Å². The number of piperidine rings is 1. The topological polar surface area (TPSA) is 45.2 Å². The Bertz CT molecular complexity index is 652. The van der Waals surface area contributed by atoms with E-state index in [1.54, 1.807) is 0 Å². The summed E-state index contributed by atoms with van der Waals surface area (Å²) in [4.78, 5) is 5.01. The summed E-state index contributed by atoms with van der Waals surface area (Å²) in [5, 5.41) is 10.6.